The molecule has 0 radical (unpaired) electrons. The Labute approximate surface area is 123 Å². The Morgan fingerprint density at radius 1 is 1.22 bits per heavy atom. The van der Waals surface area contributed by atoms with Crippen LogP contribution in [-0.4, -0.2) is 13.1 Å². The monoisotopic (exact) mass is 290 g/mol. The quantitative estimate of drug-likeness (QED) is 0.903. The summed E-state index contributed by atoms with van der Waals surface area (Å²) in [5.74, 6) is 0.890. The zero-order chi connectivity index (χ0) is 11.5. The van der Waals surface area contributed by atoms with Crippen molar-refractivity contribution in [2.45, 2.75) is 33.2 Å². The maximum absolute atomic E-state index is 5.68. The first-order valence-electron chi connectivity index (χ1n) is 6.25. The Morgan fingerprint density at radius 2 is 1.83 bits per heavy atom. The number of nitrogens with zero attached hydrogens (tertiary/aromatic N) is 1. The standard InChI is InChI=1S/C14H22N2.2ClH/c1-11-5-7-16(8-6-11)14-4-3-13(10-15)12(2)9-14;;/h3-4,9,11H,5-8,10,15H2,1-2H3;2*1H. The molecule has 0 aliphatic carbocycles. The summed E-state index contributed by atoms with van der Waals surface area (Å²) in [5.41, 5.74) is 9.62. The largest absolute Gasteiger partial charge is 0.372 e. The maximum atomic E-state index is 5.68. The highest BCUT2D eigenvalue weighted by Gasteiger charge is 2.16. The molecule has 104 valence electrons. The summed E-state index contributed by atoms with van der Waals surface area (Å²) >= 11 is 0. The first kappa shape index (κ1) is 17.6. The number of nitrogens with two attached hydrogens (primary N) is 1. The van der Waals surface area contributed by atoms with Gasteiger partial charge in [0.05, 0.1) is 0 Å². The van der Waals surface area contributed by atoms with Gasteiger partial charge in [-0.1, -0.05) is 13.0 Å². The highest BCUT2D eigenvalue weighted by molar-refractivity contribution is 5.85. The fraction of sp³-hybridized carbons (Fsp3) is 0.571. The fourth-order valence-corrected chi connectivity index (χ4v) is 2.37. The third-order valence-corrected chi connectivity index (χ3v) is 3.69. The van der Waals surface area contributed by atoms with Crippen LogP contribution in [0.3, 0.4) is 0 Å². The summed E-state index contributed by atoms with van der Waals surface area (Å²) < 4.78 is 0. The van der Waals surface area contributed by atoms with Gasteiger partial charge in [0.1, 0.15) is 0 Å². The minimum Gasteiger partial charge on any atom is -0.372 e. The van der Waals surface area contributed by atoms with Gasteiger partial charge in [0.15, 0.2) is 0 Å². The van der Waals surface area contributed by atoms with Gasteiger partial charge in [-0.15, -0.1) is 24.8 Å². The zero-order valence-electron chi connectivity index (χ0n) is 11.2. The molecule has 1 heterocycles. The molecular formula is C14H24Cl2N2. The van der Waals surface area contributed by atoms with Gasteiger partial charge in [0, 0.05) is 25.3 Å². The molecule has 18 heavy (non-hydrogen) atoms. The van der Waals surface area contributed by atoms with Gasteiger partial charge in [-0.05, 0) is 48.9 Å². The maximum Gasteiger partial charge on any atom is 0.0369 e. The number of hydrogen-bond acceptors (Lipinski definition) is 2. The lowest BCUT2D eigenvalue weighted by Gasteiger charge is -2.32. The lowest BCUT2D eigenvalue weighted by Crippen LogP contribution is -2.32. The van der Waals surface area contributed by atoms with E-state index in [0.29, 0.717) is 6.54 Å². The Hall–Kier alpha value is -0.440. The van der Waals surface area contributed by atoms with Crippen LogP contribution < -0.4 is 10.6 Å². The Morgan fingerprint density at radius 3 is 2.33 bits per heavy atom. The third kappa shape index (κ3) is 4.04. The first-order chi connectivity index (χ1) is 7.70. The van der Waals surface area contributed by atoms with Gasteiger partial charge < -0.3 is 10.6 Å². The molecule has 0 spiro atoms. The predicted molar refractivity (Wildman–Crippen MR) is 84.2 cm³/mol. The molecule has 1 aliphatic rings. The molecule has 0 unspecified atom stereocenters. The molecule has 0 aromatic heterocycles. The van der Waals surface area contributed by atoms with E-state index < -0.39 is 0 Å². The first-order valence-corrected chi connectivity index (χ1v) is 6.25. The van der Waals surface area contributed by atoms with Crippen LogP contribution in [0.4, 0.5) is 5.69 Å². The number of anilines is 1. The molecule has 2 N–H and O–H groups in total. The molecular weight excluding hydrogens is 267 g/mol. The van der Waals surface area contributed by atoms with E-state index >= 15 is 0 Å². The van der Waals surface area contributed by atoms with E-state index in [2.05, 4.69) is 36.9 Å². The molecule has 2 nitrogen and oxygen atoms in total. The van der Waals surface area contributed by atoms with Crippen molar-refractivity contribution < 1.29 is 0 Å². The van der Waals surface area contributed by atoms with E-state index in [1.54, 1.807) is 0 Å². The van der Waals surface area contributed by atoms with Crippen LogP contribution in [0.2, 0.25) is 0 Å². The Kier molecular flexibility index (Phi) is 7.69. The highest BCUT2D eigenvalue weighted by atomic mass is 35.5. The topological polar surface area (TPSA) is 29.3 Å². The van der Waals surface area contributed by atoms with E-state index in [9.17, 15) is 0 Å². The molecule has 0 saturated carbocycles. The van der Waals surface area contributed by atoms with E-state index in [4.69, 9.17) is 5.73 Å². The average Bonchev–Trinajstić information content (AvgIpc) is 2.30. The molecule has 0 amide bonds. The average molecular weight is 291 g/mol. The zero-order valence-corrected chi connectivity index (χ0v) is 12.8. The van der Waals surface area contributed by atoms with Crippen LogP contribution in [0.15, 0.2) is 18.2 Å². The summed E-state index contributed by atoms with van der Waals surface area (Å²) in [6, 6.07) is 6.66. The van der Waals surface area contributed by atoms with Crippen molar-refractivity contribution in [3.8, 4) is 0 Å². The summed E-state index contributed by atoms with van der Waals surface area (Å²) in [4.78, 5) is 2.49. The number of hydrogen-bond donors (Lipinski definition) is 1. The van der Waals surface area contributed by atoms with Gasteiger partial charge in [0.2, 0.25) is 0 Å². The fourth-order valence-electron chi connectivity index (χ4n) is 2.37. The van der Waals surface area contributed by atoms with Crippen LogP contribution in [0.1, 0.15) is 30.9 Å². The minimum absolute atomic E-state index is 0. The molecule has 2 rings (SSSR count). The summed E-state index contributed by atoms with van der Waals surface area (Å²) in [6.45, 7) is 7.53. The molecule has 0 atom stereocenters. The van der Waals surface area contributed by atoms with Crippen molar-refractivity contribution in [2.75, 3.05) is 18.0 Å². The van der Waals surface area contributed by atoms with Gasteiger partial charge in [-0.25, -0.2) is 0 Å². The van der Waals surface area contributed by atoms with Crippen molar-refractivity contribution in [2.24, 2.45) is 11.7 Å². The van der Waals surface area contributed by atoms with Crippen molar-refractivity contribution >= 4 is 30.5 Å². The number of piperidine rings is 1. The molecule has 4 heteroatoms. The third-order valence-electron chi connectivity index (χ3n) is 3.69. The van der Waals surface area contributed by atoms with Crippen molar-refractivity contribution in [1.29, 1.82) is 0 Å². The van der Waals surface area contributed by atoms with Crippen LogP contribution in [-0.2, 0) is 6.54 Å². The molecule has 1 aromatic rings. The number of halogens is 2. The lowest BCUT2D eigenvalue weighted by molar-refractivity contribution is 0.438. The highest BCUT2D eigenvalue weighted by Crippen LogP contribution is 2.24. The van der Waals surface area contributed by atoms with Gasteiger partial charge in [-0.3, -0.25) is 0 Å². The van der Waals surface area contributed by atoms with Crippen molar-refractivity contribution in [1.82, 2.24) is 0 Å². The second-order valence-corrected chi connectivity index (χ2v) is 4.98. The van der Waals surface area contributed by atoms with E-state index in [0.717, 1.165) is 5.92 Å². The summed E-state index contributed by atoms with van der Waals surface area (Å²) in [5, 5.41) is 0. The molecule has 1 saturated heterocycles. The van der Waals surface area contributed by atoms with E-state index in [-0.39, 0.29) is 24.8 Å². The van der Waals surface area contributed by atoms with Crippen molar-refractivity contribution in [3.63, 3.8) is 0 Å². The van der Waals surface area contributed by atoms with E-state index in [1.807, 2.05) is 0 Å². The van der Waals surface area contributed by atoms with E-state index in [1.165, 1.54) is 42.7 Å². The molecule has 1 aliphatic heterocycles. The Balaban J connectivity index is 0.00000144. The molecule has 1 fully saturated rings. The van der Waals surface area contributed by atoms with Crippen LogP contribution in [0, 0.1) is 12.8 Å². The summed E-state index contributed by atoms with van der Waals surface area (Å²) in [6.07, 6.45) is 2.63. The smallest absolute Gasteiger partial charge is 0.0369 e. The van der Waals surface area contributed by atoms with Gasteiger partial charge in [-0.2, -0.15) is 0 Å². The predicted octanol–water partition coefficient (Wildman–Crippen LogP) is 3.53. The van der Waals surface area contributed by atoms with Crippen LogP contribution in [0.25, 0.3) is 0 Å². The number of rotatable bonds is 2. The minimum atomic E-state index is 0. The number of aryl methyl sites for hydroxylation is 1. The lowest BCUT2D eigenvalue weighted by atomic mass is 9.98. The molecule has 1 aromatic carbocycles. The second-order valence-electron chi connectivity index (χ2n) is 4.98. The molecule has 0 bridgehead atoms. The van der Waals surface area contributed by atoms with Gasteiger partial charge in [0.25, 0.3) is 0 Å². The van der Waals surface area contributed by atoms with Crippen LogP contribution in [0.5, 0.6) is 0 Å². The van der Waals surface area contributed by atoms with Gasteiger partial charge >= 0.3 is 0 Å². The summed E-state index contributed by atoms with van der Waals surface area (Å²) in [7, 11) is 0. The number of benzene rings is 1. The van der Waals surface area contributed by atoms with Crippen molar-refractivity contribution in [3.05, 3.63) is 29.3 Å². The van der Waals surface area contributed by atoms with Crippen LogP contribution >= 0.6 is 24.8 Å². The second kappa shape index (κ2) is 7.88. The SMILES string of the molecule is Cc1cc(N2CCC(C)CC2)ccc1CN.Cl.Cl. The Bertz CT molecular complexity index is 361. The normalized spacial score (nSPS) is 15.8.